The highest BCUT2D eigenvalue weighted by molar-refractivity contribution is 6.32. The topological polar surface area (TPSA) is 92.4 Å². The Kier molecular flexibility index (Phi) is 7.24. The summed E-state index contributed by atoms with van der Waals surface area (Å²) in [7, 11) is 0. The summed E-state index contributed by atoms with van der Waals surface area (Å²) in [6.07, 6.45) is 3.98. The van der Waals surface area contributed by atoms with E-state index in [-0.39, 0.29) is 6.09 Å². The van der Waals surface area contributed by atoms with E-state index in [9.17, 15) is 4.79 Å². The van der Waals surface area contributed by atoms with E-state index in [4.69, 9.17) is 21.1 Å². The largest absolute Gasteiger partial charge is 0.487 e. The number of nitrogens with zero attached hydrogens (tertiary/aromatic N) is 3. The van der Waals surface area contributed by atoms with E-state index >= 15 is 0 Å². The lowest BCUT2D eigenvalue weighted by Gasteiger charge is -2.29. The summed E-state index contributed by atoms with van der Waals surface area (Å²) >= 11 is 6.51. The molecule has 2 N–H and O–H groups in total. The van der Waals surface area contributed by atoms with E-state index in [1.54, 1.807) is 4.90 Å². The molecule has 0 spiro atoms. The van der Waals surface area contributed by atoms with Crippen LogP contribution < -0.4 is 10.1 Å². The standard InChI is InChI=1S/C29H30ClN5O3/c1-29(2,3)38-28(36)35-13-11-20(12-14-35)24-16-22-26(31-18-32-27(22)34-24)33-21-9-10-25(23(30)15-21)37-17-19-7-5-4-6-8-19/h4-11,15-16,18H,12-14,17H2,1-3H3,(H2,31,32,33,34). The van der Waals surface area contributed by atoms with Gasteiger partial charge >= 0.3 is 6.09 Å². The number of fused-ring (bicyclic) bond motifs is 1. The lowest BCUT2D eigenvalue weighted by molar-refractivity contribution is 0.0270. The molecule has 3 heterocycles. The molecule has 0 saturated carbocycles. The van der Waals surface area contributed by atoms with Crippen molar-refractivity contribution in [1.82, 2.24) is 19.9 Å². The van der Waals surface area contributed by atoms with Gasteiger partial charge in [0, 0.05) is 24.5 Å². The fourth-order valence-corrected chi connectivity index (χ4v) is 4.42. The Hall–Kier alpha value is -4.04. The quantitative estimate of drug-likeness (QED) is 0.279. The van der Waals surface area contributed by atoms with E-state index in [0.717, 1.165) is 33.6 Å². The zero-order valence-corrected chi connectivity index (χ0v) is 22.4. The number of anilines is 2. The number of carbonyl (C=O) groups excluding carboxylic acids is 1. The van der Waals surface area contributed by atoms with Gasteiger partial charge in [0.1, 0.15) is 35.7 Å². The molecular weight excluding hydrogens is 502 g/mol. The number of nitrogens with one attached hydrogen (secondary N) is 2. The maximum absolute atomic E-state index is 12.4. The van der Waals surface area contributed by atoms with E-state index in [1.807, 2.05) is 81.4 Å². The molecule has 1 aliphatic rings. The van der Waals surface area contributed by atoms with Gasteiger partial charge in [0.25, 0.3) is 0 Å². The van der Waals surface area contributed by atoms with Gasteiger partial charge in [-0.2, -0.15) is 0 Å². The predicted molar refractivity (Wildman–Crippen MR) is 150 cm³/mol. The highest BCUT2D eigenvalue weighted by Gasteiger charge is 2.24. The Morgan fingerprint density at radius 1 is 1.13 bits per heavy atom. The van der Waals surface area contributed by atoms with Gasteiger partial charge in [-0.25, -0.2) is 14.8 Å². The fraction of sp³-hybridized carbons (Fsp3) is 0.276. The first-order valence-electron chi connectivity index (χ1n) is 12.5. The highest BCUT2D eigenvalue weighted by atomic mass is 35.5. The number of H-pyrrole nitrogens is 1. The molecule has 38 heavy (non-hydrogen) atoms. The van der Waals surface area contributed by atoms with Crippen molar-refractivity contribution < 1.29 is 14.3 Å². The third kappa shape index (κ3) is 6.08. The molecule has 5 rings (SSSR count). The Morgan fingerprint density at radius 3 is 2.66 bits per heavy atom. The number of carbonyl (C=O) groups is 1. The fourth-order valence-electron chi connectivity index (χ4n) is 4.19. The third-order valence-electron chi connectivity index (χ3n) is 6.06. The number of halogens is 1. The van der Waals surface area contributed by atoms with E-state index < -0.39 is 5.60 Å². The first kappa shape index (κ1) is 25.6. The second-order valence-electron chi connectivity index (χ2n) is 10.1. The van der Waals surface area contributed by atoms with Crippen LogP contribution in [-0.2, 0) is 11.3 Å². The van der Waals surface area contributed by atoms with E-state index in [0.29, 0.717) is 42.7 Å². The van der Waals surface area contributed by atoms with Crippen LogP contribution in [0.2, 0.25) is 5.02 Å². The van der Waals surface area contributed by atoms with Crippen molar-refractivity contribution >= 4 is 45.8 Å². The number of benzene rings is 2. The van der Waals surface area contributed by atoms with Gasteiger partial charge < -0.3 is 24.7 Å². The first-order chi connectivity index (χ1) is 18.2. The van der Waals surface area contributed by atoms with Gasteiger partial charge in [0.2, 0.25) is 0 Å². The second-order valence-corrected chi connectivity index (χ2v) is 10.5. The molecule has 0 unspecified atom stereocenters. The van der Waals surface area contributed by atoms with Gasteiger partial charge in [0.05, 0.1) is 10.4 Å². The first-order valence-corrected chi connectivity index (χ1v) is 12.9. The van der Waals surface area contributed by atoms with Crippen molar-refractivity contribution in [2.75, 3.05) is 18.4 Å². The second kappa shape index (κ2) is 10.8. The van der Waals surface area contributed by atoms with Crippen molar-refractivity contribution in [3.8, 4) is 5.75 Å². The van der Waals surface area contributed by atoms with Gasteiger partial charge in [-0.3, -0.25) is 0 Å². The minimum atomic E-state index is -0.514. The summed E-state index contributed by atoms with van der Waals surface area (Å²) in [6, 6.07) is 17.5. The molecule has 9 heteroatoms. The molecular formula is C29H30ClN5O3. The van der Waals surface area contributed by atoms with E-state index in [1.165, 1.54) is 6.33 Å². The van der Waals surface area contributed by atoms with Crippen LogP contribution >= 0.6 is 11.6 Å². The average molecular weight is 532 g/mol. The number of rotatable bonds is 6. The van der Waals surface area contributed by atoms with Crippen LogP contribution in [0.5, 0.6) is 5.75 Å². The van der Waals surface area contributed by atoms with E-state index in [2.05, 4.69) is 20.3 Å². The minimum Gasteiger partial charge on any atom is -0.487 e. The number of ether oxygens (including phenoxy) is 2. The Bertz CT molecular complexity index is 1480. The normalized spacial score (nSPS) is 13.8. The summed E-state index contributed by atoms with van der Waals surface area (Å²) in [5.41, 5.74) is 4.14. The number of aromatic nitrogens is 3. The number of aromatic amines is 1. The molecule has 0 bridgehead atoms. The summed E-state index contributed by atoms with van der Waals surface area (Å²) in [6.45, 7) is 7.13. The van der Waals surface area contributed by atoms with Gasteiger partial charge in [-0.1, -0.05) is 48.0 Å². The average Bonchev–Trinajstić information content (AvgIpc) is 3.33. The lowest BCUT2D eigenvalue weighted by Crippen LogP contribution is -2.39. The predicted octanol–water partition coefficient (Wildman–Crippen LogP) is 6.96. The molecule has 0 radical (unpaired) electrons. The van der Waals surface area contributed by atoms with Crippen molar-refractivity contribution in [2.45, 2.75) is 39.4 Å². The third-order valence-corrected chi connectivity index (χ3v) is 6.36. The van der Waals surface area contributed by atoms with Gasteiger partial charge in [0.15, 0.2) is 0 Å². The van der Waals surface area contributed by atoms with Crippen LogP contribution in [-0.4, -0.2) is 44.6 Å². The molecule has 8 nitrogen and oxygen atoms in total. The van der Waals surface area contributed by atoms with Crippen molar-refractivity contribution in [3.05, 3.63) is 83.3 Å². The Morgan fingerprint density at radius 2 is 1.95 bits per heavy atom. The van der Waals surface area contributed by atoms with Crippen LogP contribution in [0.25, 0.3) is 16.6 Å². The van der Waals surface area contributed by atoms with Crippen molar-refractivity contribution in [1.29, 1.82) is 0 Å². The zero-order valence-electron chi connectivity index (χ0n) is 21.6. The monoisotopic (exact) mass is 531 g/mol. The molecule has 0 fully saturated rings. The van der Waals surface area contributed by atoms with Gasteiger partial charge in [-0.15, -0.1) is 0 Å². The Balaban J connectivity index is 1.28. The summed E-state index contributed by atoms with van der Waals surface area (Å²) in [4.78, 5) is 26.3. The molecule has 0 saturated heterocycles. The smallest absolute Gasteiger partial charge is 0.410 e. The van der Waals surface area contributed by atoms with Gasteiger partial charge in [-0.05, 0) is 62.6 Å². The molecule has 0 aliphatic carbocycles. The van der Waals surface area contributed by atoms with Crippen LogP contribution in [0.4, 0.5) is 16.3 Å². The molecule has 1 aliphatic heterocycles. The Labute approximate surface area is 226 Å². The SMILES string of the molecule is CC(C)(C)OC(=O)N1CC=C(c2cc3c(Nc4ccc(OCc5ccccc5)c(Cl)c4)ncnc3[nH]2)CC1. The van der Waals surface area contributed by atoms with Crippen molar-refractivity contribution in [2.24, 2.45) is 0 Å². The maximum atomic E-state index is 12.4. The minimum absolute atomic E-state index is 0.294. The molecule has 2 aromatic carbocycles. The number of hydrogen-bond acceptors (Lipinski definition) is 6. The van der Waals surface area contributed by atoms with Crippen molar-refractivity contribution in [3.63, 3.8) is 0 Å². The van der Waals surface area contributed by atoms with Crippen LogP contribution in [0.1, 0.15) is 38.4 Å². The van der Waals surface area contributed by atoms with Crippen LogP contribution in [0.15, 0.2) is 67.0 Å². The number of amides is 1. The molecule has 196 valence electrons. The van der Waals surface area contributed by atoms with Crippen LogP contribution in [0, 0.1) is 0 Å². The molecule has 4 aromatic rings. The maximum Gasteiger partial charge on any atom is 0.410 e. The lowest BCUT2D eigenvalue weighted by atomic mass is 10.1. The zero-order chi connectivity index (χ0) is 26.7. The number of hydrogen-bond donors (Lipinski definition) is 2. The highest BCUT2D eigenvalue weighted by Crippen LogP contribution is 2.32. The summed E-state index contributed by atoms with van der Waals surface area (Å²) in [5.74, 6) is 1.28. The molecule has 2 aromatic heterocycles. The summed E-state index contributed by atoms with van der Waals surface area (Å²) < 4.78 is 11.4. The summed E-state index contributed by atoms with van der Waals surface area (Å²) in [5, 5.41) is 4.72. The molecule has 1 amide bonds. The van der Waals surface area contributed by atoms with Crippen LogP contribution in [0.3, 0.4) is 0 Å². The molecule has 0 atom stereocenters.